The fraction of sp³-hybridized carbons (Fsp3) is 0.526. The fourth-order valence-electron chi connectivity index (χ4n) is 2.79. The van der Waals surface area contributed by atoms with Crippen LogP contribution in [0.2, 0.25) is 0 Å². The monoisotopic (exact) mass is 345 g/mol. The van der Waals surface area contributed by atoms with Crippen LogP contribution in [0.4, 0.5) is 5.69 Å². The van der Waals surface area contributed by atoms with Crippen LogP contribution >= 0.6 is 0 Å². The van der Waals surface area contributed by atoms with Crippen molar-refractivity contribution in [3.05, 3.63) is 29.8 Å². The maximum absolute atomic E-state index is 12.2. The second-order valence-corrected chi connectivity index (χ2v) is 6.41. The number of carbonyl (C=O) groups excluding carboxylic acids is 3. The molecule has 2 amide bonds. The maximum Gasteiger partial charge on any atom is 0.287 e. The van der Waals surface area contributed by atoms with Gasteiger partial charge in [-0.1, -0.05) is 31.0 Å². The van der Waals surface area contributed by atoms with E-state index in [9.17, 15) is 14.4 Å². The Morgan fingerprint density at radius 3 is 2.28 bits per heavy atom. The van der Waals surface area contributed by atoms with Gasteiger partial charge in [0.1, 0.15) is 0 Å². The second-order valence-electron chi connectivity index (χ2n) is 6.41. The van der Waals surface area contributed by atoms with Gasteiger partial charge < -0.3 is 15.1 Å². The lowest BCUT2D eigenvalue weighted by atomic mass is 10.2. The van der Waals surface area contributed by atoms with Crippen molar-refractivity contribution < 1.29 is 14.4 Å². The van der Waals surface area contributed by atoms with E-state index in [2.05, 4.69) is 41.4 Å². The van der Waals surface area contributed by atoms with Crippen LogP contribution in [-0.4, -0.2) is 55.2 Å². The predicted octanol–water partition coefficient (Wildman–Crippen LogP) is 1.52. The molecule has 0 spiro atoms. The molecule has 0 bridgehead atoms. The summed E-state index contributed by atoms with van der Waals surface area (Å²) in [4.78, 5) is 39.4. The average Bonchev–Trinajstić information content (AvgIpc) is 2.64. The first kappa shape index (κ1) is 19.0. The first-order valence-corrected chi connectivity index (χ1v) is 8.91. The third-order valence-corrected chi connectivity index (χ3v) is 4.44. The van der Waals surface area contributed by atoms with E-state index >= 15 is 0 Å². The highest BCUT2D eigenvalue weighted by atomic mass is 16.2. The van der Waals surface area contributed by atoms with Crippen LogP contribution in [0.3, 0.4) is 0 Å². The lowest BCUT2D eigenvalue weighted by molar-refractivity contribution is -0.139. The van der Waals surface area contributed by atoms with E-state index in [0.717, 1.165) is 25.2 Å². The molecule has 6 nitrogen and oxygen atoms in total. The van der Waals surface area contributed by atoms with Crippen molar-refractivity contribution in [1.82, 2.24) is 10.2 Å². The molecule has 1 aromatic rings. The largest absolute Gasteiger partial charge is 0.368 e. The number of unbranched alkanes of at least 4 members (excludes halogenated alkanes) is 1. The SMILES string of the molecule is CCCCC(=O)C(=O)NCC(=O)N1CCN(c2ccc(C)cc2)CC1. The molecule has 1 fully saturated rings. The molecule has 0 unspecified atom stereocenters. The normalized spacial score (nSPS) is 14.3. The summed E-state index contributed by atoms with van der Waals surface area (Å²) in [7, 11) is 0. The van der Waals surface area contributed by atoms with Gasteiger partial charge in [0.15, 0.2) is 0 Å². The van der Waals surface area contributed by atoms with Crippen molar-refractivity contribution in [3.63, 3.8) is 0 Å². The highest BCUT2D eigenvalue weighted by Gasteiger charge is 2.22. The van der Waals surface area contributed by atoms with E-state index in [-0.39, 0.29) is 18.9 Å². The summed E-state index contributed by atoms with van der Waals surface area (Å²) < 4.78 is 0. The van der Waals surface area contributed by atoms with Crippen LogP contribution < -0.4 is 10.2 Å². The Labute approximate surface area is 149 Å². The van der Waals surface area contributed by atoms with Gasteiger partial charge in [-0.25, -0.2) is 0 Å². The van der Waals surface area contributed by atoms with Gasteiger partial charge in [0, 0.05) is 38.3 Å². The molecule has 1 heterocycles. The topological polar surface area (TPSA) is 69.7 Å². The molecule has 0 saturated carbocycles. The van der Waals surface area contributed by atoms with Crippen LogP contribution in [-0.2, 0) is 14.4 Å². The number of benzene rings is 1. The summed E-state index contributed by atoms with van der Waals surface area (Å²) in [6.45, 7) is 6.67. The number of rotatable bonds is 7. The number of ketones is 1. The minimum atomic E-state index is -0.653. The van der Waals surface area contributed by atoms with Crippen LogP contribution in [0.5, 0.6) is 0 Å². The average molecular weight is 345 g/mol. The summed E-state index contributed by atoms with van der Waals surface area (Å²) in [5.74, 6) is -1.24. The molecule has 0 radical (unpaired) electrons. The van der Waals surface area contributed by atoms with Crippen LogP contribution in [0.25, 0.3) is 0 Å². The third kappa shape index (κ3) is 5.59. The maximum atomic E-state index is 12.2. The zero-order valence-electron chi connectivity index (χ0n) is 15.1. The molecule has 1 aliphatic heterocycles. The first-order chi connectivity index (χ1) is 12.0. The minimum absolute atomic E-state index is 0.110. The number of piperazine rings is 1. The number of nitrogens with zero attached hydrogens (tertiary/aromatic N) is 2. The molecule has 1 saturated heterocycles. The molecule has 2 rings (SSSR count). The second kappa shape index (κ2) is 9.20. The summed E-state index contributed by atoms with van der Waals surface area (Å²) in [5.41, 5.74) is 2.38. The van der Waals surface area contributed by atoms with Crippen molar-refractivity contribution in [1.29, 1.82) is 0 Å². The van der Waals surface area contributed by atoms with Gasteiger partial charge >= 0.3 is 0 Å². The molecule has 0 aliphatic carbocycles. The molecule has 25 heavy (non-hydrogen) atoms. The van der Waals surface area contributed by atoms with E-state index in [1.165, 1.54) is 5.56 Å². The molecular weight excluding hydrogens is 318 g/mol. The van der Waals surface area contributed by atoms with Crippen molar-refractivity contribution >= 4 is 23.3 Å². The highest BCUT2D eigenvalue weighted by Crippen LogP contribution is 2.17. The number of hydrogen-bond acceptors (Lipinski definition) is 4. The lowest BCUT2D eigenvalue weighted by Gasteiger charge is -2.36. The number of anilines is 1. The number of nitrogens with one attached hydrogen (secondary N) is 1. The molecule has 1 aliphatic rings. The Bertz CT molecular complexity index is 605. The fourth-order valence-corrected chi connectivity index (χ4v) is 2.79. The molecule has 136 valence electrons. The Kier molecular flexibility index (Phi) is 6.98. The molecule has 0 atom stereocenters. The van der Waals surface area contributed by atoms with Gasteiger partial charge in [-0.3, -0.25) is 14.4 Å². The zero-order chi connectivity index (χ0) is 18.2. The van der Waals surface area contributed by atoms with Gasteiger partial charge in [-0.15, -0.1) is 0 Å². The van der Waals surface area contributed by atoms with Crippen molar-refractivity contribution in [2.24, 2.45) is 0 Å². The van der Waals surface area contributed by atoms with Gasteiger partial charge in [-0.2, -0.15) is 0 Å². The summed E-state index contributed by atoms with van der Waals surface area (Å²) in [6, 6.07) is 8.35. The summed E-state index contributed by atoms with van der Waals surface area (Å²) in [5, 5.41) is 2.44. The summed E-state index contributed by atoms with van der Waals surface area (Å²) in [6.07, 6.45) is 1.80. The minimum Gasteiger partial charge on any atom is -0.368 e. The molecule has 6 heteroatoms. The highest BCUT2D eigenvalue weighted by molar-refractivity contribution is 6.36. The quantitative estimate of drug-likeness (QED) is 0.761. The molecular formula is C19H27N3O3. The standard InChI is InChI=1S/C19H27N3O3/c1-3-4-5-17(23)19(25)20-14-18(24)22-12-10-21(11-13-22)16-8-6-15(2)7-9-16/h6-9H,3-5,10-14H2,1-2H3,(H,20,25). The number of amides is 2. The van der Waals surface area contributed by atoms with Gasteiger partial charge in [-0.05, 0) is 25.5 Å². The first-order valence-electron chi connectivity index (χ1n) is 8.91. The Morgan fingerprint density at radius 1 is 1.04 bits per heavy atom. The summed E-state index contributed by atoms with van der Waals surface area (Å²) >= 11 is 0. The van der Waals surface area contributed by atoms with E-state index in [0.29, 0.717) is 19.5 Å². The Hall–Kier alpha value is -2.37. The van der Waals surface area contributed by atoms with Crippen LogP contribution in [0.1, 0.15) is 31.7 Å². The van der Waals surface area contributed by atoms with Crippen molar-refractivity contribution in [3.8, 4) is 0 Å². The van der Waals surface area contributed by atoms with E-state index < -0.39 is 11.7 Å². The van der Waals surface area contributed by atoms with Crippen molar-refractivity contribution in [2.45, 2.75) is 33.1 Å². The number of Topliss-reactive ketones (excluding diaryl/α,β-unsaturated/α-hetero) is 1. The van der Waals surface area contributed by atoms with Crippen molar-refractivity contribution in [2.75, 3.05) is 37.6 Å². The van der Waals surface area contributed by atoms with Gasteiger partial charge in [0.2, 0.25) is 11.7 Å². The lowest BCUT2D eigenvalue weighted by Crippen LogP contribution is -2.51. The Morgan fingerprint density at radius 2 is 1.68 bits per heavy atom. The molecule has 1 aromatic carbocycles. The third-order valence-electron chi connectivity index (χ3n) is 4.44. The zero-order valence-corrected chi connectivity index (χ0v) is 15.1. The van der Waals surface area contributed by atoms with E-state index in [1.54, 1.807) is 4.90 Å². The van der Waals surface area contributed by atoms with E-state index in [1.807, 2.05) is 6.92 Å². The van der Waals surface area contributed by atoms with Gasteiger partial charge in [0.25, 0.3) is 5.91 Å². The number of hydrogen-bond donors (Lipinski definition) is 1. The molecule has 1 N–H and O–H groups in total. The van der Waals surface area contributed by atoms with Gasteiger partial charge in [0.05, 0.1) is 6.54 Å². The van der Waals surface area contributed by atoms with E-state index in [4.69, 9.17) is 0 Å². The Balaban J connectivity index is 1.74. The predicted molar refractivity (Wildman–Crippen MR) is 97.5 cm³/mol. The smallest absolute Gasteiger partial charge is 0.287 e. The van der Waals surface area contributed by atoms with Crippen LogP contribution in [0, 0.1) is 6.92 Å². The number of aryl methyl sites for hydroxylation is 1. The van der Waals surface area contributed by atoms with Crippen LogP contribution in [0.15, 0.2) is 24.3 Å². The number of carbonyl (C=O) groups is 3. The molecule has 0 aromatic heterocycles.